The van der Waals surface area contributed by atoms with Gasteiger partial charge in [-0.15, -0.1) is 11.3 Å². The third-order valence-corrected chi connectivity index (χ3v) is 4.13. The van der Waals surface area contributed by atoms with Crippen LogP contribution in [0.4, 0.5) is 0 Å². The molecule has 1 heterocycles. The monoisotopic (exact) mass is 305 g/mol. The van der Waals surface area contributed by atoms with Gasteiger partial charge in [0.05, 0.1) is 13.2 Å². The molecule has 0 saturated heterocycles. The summed E-state index contributed by atoms with van der Waals surface area (Å²) in [7, 11) is 0. The van der Waals surface area contributed by atoms with Crippen LogP contribution in [0.25, 0.3) is 0 Å². The molecule has 112 valence electrons. The van der Waals surface area contributed by atoms with E-state index in [1.807, 2.05) is 24.4 Å². The Morgan fingerprint density at radius 2 is 2.14 bits per heavy atom. The SMILES string of the molecule is CCOc1cccc(C=NCC(C)(O)c2cccs2)c1O. The number of thiophene rings is 1. The number of phenolic OH excluding ortho intramolecular Hbond substituents is 1. The molecule has 1 aromatic carbocycles. The van der Waals surface area contributed by atoms with Gasteiger partial charge in [0.15, 0.2) is 11.5 Å². The molecular weight excluding hydrogens is 286 g/mol. The van der Waals surface area contributed by atoms with Crippen LogP contribution in [-0.2, 0) is 5.60 Å². The first-order valence-electron chi connectivity index (χ1n) is 6.75. The lowest BCUT2D eigenvalue weighted by Gasteiger charge is -2.19. The van der Waals surface area contributed by atoms with Crippen molar-refractivity contribution in [1.29, 1.82) is 0 Å². The van der Waals surface area contributed by atoms with Gasteiger partial charge in [-0.05, 0) is 37.4 Å². The number of aromatic hydroxyl groups is 1. The van der Waals surface area contributed by atoms with E-state index in [0.717, 1.165) is 4.88 Å². The molecular formula is C16H19NO3S. The van der Waals surface area contributed by atoms with Gasteiger partial charge in [-0.2, -0.15) is 0 Å². The zero-order valence-electron chi connectivity index (χ0n) is 12.1. The highest BCUT2D eigenvalue weighted by molar-refractivity contribution is 7.10. The van der Waals surface area contributed by atoms with Crippen molar-refractivity contribution in [3.63, 3.8) is 0 Å². The average Bonchev–Trinajstić information content (AvgIpc) is 2.98. The van der Waals surface area contributed by atoms with Crippen LogP contribution >= 0.6 is 11.3 Å². The van der Waals surface area contributed by atoms with Gasteiger partial charge in [-0.25, -0.2) is 0 Å². The Bertz CT molecular complexity index is 606. The normalized spacial score (nSPS) is 14.2. The number of benzene rings is 1. The van der Waals surface area contributed by atoms with Crippen LogP contribution in [0, 0.1) is 0 Å². The summed E-state index contributed by atoms with van der Waals surface area (Å²) in [5.41, 5.74) is -0.430. The lowest BCUT2D eigenvalue weighted by atomic mass is 10.1. The number of para-hydroxylation sites is 1. The largest absolute Gasteiger partial charge is 0.504 e. The number of nitrogens with zero attached hydrogens (tertiary/aromatic N) is 1. The number of hydrogen-bond acceptors (Lipinski definition) is 5. The summed E-state index contributed by atoms with van der Waals surface area (Å²) in [5.74, 6) is 0.505. The van der Waals surface area contributed by atoms with Gasteiger partial charge < -0.3 is 14.9 Å². The number of ether oxygens (including phenoxy) is 1. The van der Waals surface area contributed by atoms with E-state index in [-0.39, 0.29) is 12.3 Å². The molecule has 0 spiro atoms. The van der Waals surface area contributed by atoms with E-state index in [0.29, 0.717) is 17.9 Å². The van der Waals surface area contributed by atoms with Gasteiger partial charge in [-0.1, -0.05) is 12.1 Å². The average molecular weight is 305 g/mol. The van der Waals surface area contributed by atoms with Gasteiger partial charge in [0.1, 0.15) is 5.60 Å². The van der Waals surface area contributed by atoms with Crippen molar-refractivity contribution in [2.75, 3.05) is 13.2 Å². The van der Waals surface area contributed by atoms with E-state index in [1.54, 1.807) is 31.3 Å². The lowest BCUT2D eigenvalue weighted by molar-refractivity contribution is 0.0714. The number of rotatable bonds is 6. The van der Waals surface area contributed by atoms with E-state index >= 15 is 0 Å². The first-order valence-corrected chi connectivity index (χ1v) is 7.63. The molecule has 5 heteroatoms. The molecule has 21 heavy (non-hydrogen) atoms. The van der Waals surface area contributed by atoms with Gasteiger partial charge in [0.25, 0.3) is 0 Å². The Labute approximate surface area is 128 Å². The maximum Gasteiger partial charge on any atom is 0.166 e. The van der Waals surface area contributed by atoms with E-state index < -0.39 is 5.60 Å². The first-order chi connectivity index (χ1) is 10.0. The molecule has 0 aliphatic carbocycles. The first kappa shape index (κ1) is 15.5. The van der Waals surface area contributed by atoms with Crippen molar-refractivity contribution in [2.45, 2.75) is 19.4 Å². The third kappa shape index (κ3) is 3.83. The smallest absolute Gasteiger partial charge is 0.166 e. The van der Waals surface area contributed by atoms with Crippen molar-refractivity contribution in [2.24, 2.45) is 4.99 Å². The fourth-order valence-corrected chi connectivity index (χ4v) is 2.68. The van der Waals surface area contributed by atoms with Crippen molar-refractivity contribution < 1.29 is 14.9 Å². The number of phenols is 1. The molecule has 1 atom stereocenters. The van der Waals surface area contributed by atoms with Gasteiger partial charge >= 0.3 is 0 Å². The van der Waals surface area contributed by atoms with Gasteiger partial charge in [0.2, 0.25) is 0 Å². The second kappa shape index (κ2) is 6.74. The van der Waals surface area contributed by atoms with Crippen molar-refractivity contribution in [1.82, 2.24) is 0 Å². The zero-order chi connectivity index (χ0) is 15.3. The Morgan fingerprint density at radius 3 is 2.81 bits per heavy atom. The zero-order valence-corrected chi connectivity index (χ0v) is 12.9. The molecule has 0 amide bonds. The van der Waals surface area contributed by atoms with Crippen molar-refractivity contribution in [3.8, 4) is 11.5 Å². The predicted molar refractivity (Wildman–Crippen MR) is 85.6 cm³/mol. The van der Waals surface area contributed by atoms with Crippen LogP contribution in [0.1, 0.15) is 24.3 Å². The molecule has 0 aliphatic rings. The summed E-state index contributed by atoms with van der Waals surface area (Å²) < 4.78 is 5.32. The molecule has 0 radical (unpaired) electrons. The Morgan fingerprint density at radius 1 is 1.33 bits per heavy atom. The molecule has 0 bridgehead atoms. The molecule has 2 N–H and O–H groups in total. The minimum Gasteiger partial charge on any atom is -0.504 e. The van der Waals surface area contributed by atoms with Crippen LogP contribution in [0.3, 0.4) is 0 Å². The topological polar surface area (TPSA) is 62.0 Å². The maximum atomic E-state index is 10.4. The predicted octanol–water partition coefficient (Wildman–Crippen LogP) is 3.18. The van der Waals surface area contributed by atoms with Crippen LogP contribution in [0.15, 0.2) is 40.7 Å². The highest BCUT2D eigenvalue weighted by Crippen LogP contribution is 2.29. The molecule has 0 fully saturated rings. The minimum absolute atomic E-state index is 0.0684. The highest BCUT2D eigenvalue weighted by Gasteiger charge is 2.23. The summed E-state index contributed by atoms with van der Waals surface area (Å²) in [4.78, 5) is 5.11. The van der Waals surface area contributed by atoms with Crippen molar-refractivity contribution in [3.05, 3.63) is 46.2 Å². The number of aliphatic imine (C=N–C) groups is 1. The fourth-order valence-electron chi connectivity index (χ4n) is 1.90. The second-order valence-corrected chi connectivity index (χ2v) is 5.80. The number of aliphatic hydroxyl groups is 1. The van der Waals surface area contributed by atoms with E-state index in [1.165, 1.54) is 11.3 Å². The van der Waals surface area contributed by atoms with Crippen LogP contribution in [0.5, 0.6) is 11.5 Å². The molecule has 1 unspecified atom stereocenters. The summed E-state index contributed by atoms with van der Waals surface area (Å²) in [6, 6.07) is 9.03. The quantitative estimate of drug-likeness (QED) is 0.806. The molecule has 0 aliphatic heterocycles. The van der Waals surface area contributed by atoms with Crippen LogP contribution in [0.2, 0.25) is 0 Å². The third-order valence-electron chi connectivity index (χ3n) is 3.01. The second-order valence-electron chi connectivity index (χ2n) is 4.85. The summed E-state index contributed by atoms with van der Waals surface area (Å²) >= 11 is 1.50. The van der Waals surface area contributed by atoms with Crippen molar-refractivity contribution >= 4 is 17.6 Å². The molecule has 2 rings (SSSR count). The number of hydrogen-bond donors (Lipinski definition) is 2. The minimum atomic E-state index is -1.00. The standard InChI is InChI=1S/C16H19NO3S/c1-3-20-13-7-4-6-12(15(13)18)10-17-11-16(2,19)14-8-5-9-21-14/h4-10,18-19H,3,11H2,1-2H3. The van der Waals surface area contributed by atoms with Crippen LogP contribution in [-0.4, -0.2) is 29.6 Å². The van der Waals surface area contributed by atoms with Crippen LogP contribution < -0.4 is 4.74 Å². The van der Waals surface area contributed by atoms with E-state index in [2.05, 4.69) is 4.99 Å². The van der Waals surface area contributed by atoms with E-state index in [4.69, 9.17) is 4.74 Å². The van der Waals surface area contributed by atoms with Gasteiger partial charge in [-0.3, -0.25) is 4.99 Å². The Kier molecular flexibility index (Phi) is 4.98. The highest BCUT2D eigenvalue weighted by atomic mass is 32.1. The van der Waals surface area contributed by atoms with Gasteiger partial charge in [0, 0.05) is 16.7 Å². The Hall–Kier alpha value is -1.85. The lowest BCUT2D eigenvalue weighted by Crippen LogP contribution is -2.23. The molecule has 2 aromatic rings. The summed E-state index contributed by atoms with van der Waals surface area (Å²) in [6.45, 7) is 4.30. The summed E-state index contributed by atoms with van der Waals surface area (Å²) in [6.07, 6.45) is 1.56. The van der Waals surface area contributed by atoms with E-state index in [9.17, 15) is 10.2 Å². The molecule has 1 aromatic heterocycles. The Balaban J connectivity index is 2.10. The summed E-state index contributed by atoms with van der Waals surface area (Å²) in [5, 5.41) is 22.3. The molecule has 4 nitrogen and oxygen atoms in total. The maximum absolute atomic E-state index is 10.4. The fraction of sp³-hybridized carbons (Fsp3) is 0.312. The molecule has 0 saturated carbocycles.